The summed E-state index contributed by atoms with van der Waals surface area (Å²) in [4.78, 5) is 22.7. The molecule has 0 unspecified atom stereocenters. The molecular weight excluding hydrogens is 498 g/mol. The molecule has 0 amide bonds. The summed E-state index contributed by atoms with van der Waals surface area (Å²) in [6.45, 7) is 0. The summed E-state index contributed by atoms with van der Waals surface area (Å²) in [6.07, 6.45) is 1.95. The molecule has 1 aromatic rings. The van der Waals surface area contributed by atoms with E-state index in [1.165, 1.54) is 18.2 Å². The predicted octanol–water partition coefficient (Wildman–Crippen LogP) is 2.95. The Bertz CT molecular complexity index is 824. The minimum atomic E-state index is -5.73. The molecule has 0 bridgehead atoms. The molecule has 158 valence electrons. The largest absolute Gasteiger partial charge is 2.00 e. The molecule has 1 rings (SSSR count). The topological polar surface area (TPSA) is 101 Å². The summed E-state index contributed by atoms with van der Waals surface area (Å²) in [5.41, 5.74) is -5.58. The molecule has 12 heteroatoms. The van der Waals surface area contributed by atoms with Crippen LogP contribution >= 0.6 is 0 Å². The van der Waals surface area contributed by atoms with E-state index in [2.05, 4.69) is 14.2 Å². The predicted molar refractivity (Wildman–Crippen MR) is 89.2 cm³/mol. The number of esters is 2. The van der Waals surface area contributed by atoms with E-state index >= 15 is 0 Å². The Balaban J connectivity index is 0.00000729. The first-order chi connectivity index (χ1) is 12.5. The van der Waals surface area contributed by atoms with Gasteiger partial charge in [0.1, 0.15) is 0 Å². The molecule has 7 nitrogen and oxygen atoms in total. The van der Waals surface area contributed by atoms with E-state index in [9.17, 15) is 31.2 Å². The fraction of sp³-hybridized carbons (Fsp3) is 0.312. The summed E-state index contributed by atoms with van der Waals surface area (Å²) in [7, 11) is -3.46. The summed E-state index contributed by atoms with van der Waals surface area (Å²) in [6, 6.07) is 5.24. The van der Waals surface area contributed by atoms with Gasteiger partial charge in [0.2, 0.25) is 0 Å². The van der Waals surface area contributed by atoms with Gasteiger partial charge in [0.15, 0.2) is 16.0 Å². The number of sulfonamides is 1. The van der Waals surface area contributed by atoms with Crippen molar-refractivity contribution in [2.24, 2.45) is 0 Å². The van der Waals surface area contributed by atoms with Crippen molar-refractivity contribution in [1.29, 1.82) is 0 Å². The van der Waals surface area contributed by atoms with Gasteiger partial charge in [0.25, 0.3) is 0 Å². The van der Waals surface area contributed by atoms with Crippen LogP contribution in [-0.4, -0.2) is 40.1 Å². The van der Waals surface area contributed by atoms with Gasteiger partial charge in [-0.25, -0.2) is 13.2 Å². The molecule has 0 aromatic heterocycles. The van der Waals surface area contributed by atoms with Crippen molar-refractivity contribution >= 4 is 27.6 Å². The van der Waals surface area contributed by atoms with Crippen molar-refractivity contribution in [1.82, 2.24) is 0 Å². The third-order valence-electron chi connectivity index (χ3n) is 3.18. The third-order valence-corrected chi connectivity index (χ3v) is 4.20. The molecule has 0 saturated carbocycles. The first-order valence-electron chi connectivity index (χ1n) is 7.31. The van der Waals surface area contributed by atoms with Gasteiger partial charge in [-0.05, 0) is 6.42 Å². The van der Waals surface area contributed by atoms with Crippen LogP contribution in [0.1, 0.15) is 12.0 Å². The van der Waals surface area contributed by atoms with E-state index in [1.807, 2.05) is 0 Å². The Kier molecular flexibility index (Phi) is 10.3. The van der Waals surface area contributed by atoms with Gasteiger partial charge in [0.05, 0.1) is 14.2 Å². The van der Waals surface area contributed by atoms with Crippen LogP contribution in [0.15, 0.2) is 35.9 Å². The second-order valence-corrected chi connectivity index (χ2v) is 6.67. The quantitative estimate of drug-likeness (QED) is 0.229. The zero-order valence-corrected chi connectivity index (χ0v) is 17.0. The Hall–Kier alpha value is -2.03. The number of nitrogens with zero attached hydrogens (tertiary/aromatic N) is 1. The van der Waals surface area contributed by atoms with Crippen molar-refractivity contribution in [2.75, 3.05) is 14.2 Å². The van der Waals surface area contributed by atoms with Gasteiger partial charge in [-0.2, -0.15) is 13.2 Å². The molecule has 0 spiro atoms. The van der Waals surface area contributed by atoms with Gasteiger partial charge in [-0.3, -0.25) is 11.2 Å². The molecule has 0 heterocycles. The SMILES string of the molecule is COC(=O)/C=C(\C[CH-]C(=O)OC)Cc1ccccc1[N-]S(=O)(=O)C(F)(F)F.[Pd+2]. The van der Waals surface area contributed by atoms with Gasteiger partial charge >= 0.3 is 31.9 Å². The maximum atomic E-state index is 12.6. The van der Waals surface area contributed by atoms with Crippen molar-refractivity contribution in [3.05, 3.63) is 52.6 Å². The summed E-state index contributed by atoms with van der Waals surface area (Å²) < 4.78 is 72.1. The van der Waals surface area contributed by atoms with E-state index in [1.54, 1.807) is 0 Å². The number of carbonyl (C=O) groups excluding carboxylic acids is 2. The van der Waals surface area contributed by atoms with Crippen LogP contribution in [0.5, 0.6) is 0 Å². The van der Waals surface area contributed by atoms with E-state index in [0.717, 1.165) is 32.8 Å². The fourth-order valence-electron chi connectivity index (χ4n) is 1.88. The number of halogens is 3. The second-order valence-electron chi connectivity index (χ2n) is 5.07. The maximum Gasteiger partial charge on any atom is 2.00 e. The molecule has 0 aliphatic heterocycles. The molecule has 0 aliphatic rings. The van der Waals surface area contributed by atoms with E-state index < -0.39 is 33.2 Å². The van der Waals surface area contributed by atoms with E-state index in [0.29, 0.717) is 0 Å². The average Bonchev–Trinajstić information content (AvgIpc) is 2.59. The standard InChI is InChI=1S/C16H16F3NO6S.Pd/c1-25-14(21)8-7-11(10-15(22)26-2)9-12-5-3-4-6-13(12)20-27(23,24)16(17,18)19;/h3-6,8,10H,7,9H2,1-2H3;/q-2;+2/b11-10+;. The van der Waals surface area contributed by atoms with Crippen LogP contribution in [0.25, 0.3) is 4.72 Å². The number of hydrogen-bond acceptors (Lipinski definition) is 6. The summed E-state index contributed by atoms with van der Waals surface area (Å²) in [5.74, 6) is -1.43. The molecule has 0 saturated heterocycles. The van der Waals surface area contributed by atoms with Gasteiger partial charge in [-0.15, -0.1) is 12.1 Å². The van der Waals surface area contributed by atoms with Gasteiger partial charge < -0.3 is 14.2 Å². The van der Waals surface area contributed by atoms with Gasteiger partial charge in [-0.1, -0.05) is 35.4 Å². The van der Waals surface area contributed by atoms with Crippen molar-refractivity contribution in [2.45, 2.75) is 18.3 Å². The number of benzene rings is 1. The Morgan fingerprint density at radius 1 is 1.18 bits per heavy atom. The zero-order chi connectivity index (χ0) is 20.7. The number of rotatable bonds is 8. The smallest absolute Gasteiger partial charge is 0.569 e. The molecule has 0 radical (unpaired) electrons. The Morgan fingerprint density at radius 2 is 1.79 bits per heavy atom. The number of carbonyl (C=O) groups is 2. The van der Waals surface area contributed by atoms with Crippen LogP contribution in [0.2, 0.25) is 0 Å². The fourth-order valence-corrected chi connectivity index (χ4v) is 2.42. The van der Waals surface area contributed by atoms with Crippen LogP contribution in [-0.2, 0) is 55.9 Å². The monoisotopic (exact) mass is 513 g/mol. The van der Waals surface area contributed by atoms with Crippen LogP contribution in [0.4, 0.5) is 18.9 Å². The number of ether oxygens (including phenoxy) is 2. The maximum absolute atomic E-state index is 12.6. The first kappa shape index (κ1) is 26.0. The molecule has 28 heavy (non-hydrogen) atoms. The molecule has 0 aliphatic carbocycles. The van der Waals surface area contributed by atoms with Crippen LogP contribution in [0.3, 0.4) is 0 Å². The number of alkyl halides is 3. The number of hydrogen-bond donors (Lipinski definition) is 0. The minimum absolute atomic E-state index is 0. The molecule has 0 atom stereocenters. The van der Waals surface area contributed by atoms with Crippen molar-refractivity contribution in [3.8, 4) is 0 Å². The molecule has 1 aromatic carbocycles. The average molecular weight is 514 g/mol. The van der Waals surface area contributed by atoms with Crippen molar-refractivity contribution < 1.29 is 61.1 Å². The molecular formula is C16H16F3NO6PdS. The van der Waals surface area contributed by atoms with Crippen molar-refractivity contribution in [3.63, 3.8) is 0 Å². The second kappa shape index (κ2) is 11.1. The Morgan fingerprint density at radius 3 is 2.32 bits per heavy atom. The minimum Gasteiger partial charge on any atom is -0.569 e. The van der Waals surface area contributed by atoms with E-state index in [4.69, 9.17) is 0 Å². The number of allylic oxidation sites excluding steroid dienone is 1. The summed E-state index contributed by atoms with van der Waals surface area (Å²) in [5, 5.41) is 0. The molecule has 0 N–H and O–H groups in total. The van der Waals surface area contributed by atoms with Crippen LogP contribution < -0.4 is 0 Å². The number of methoxy groups -OCH3 is 2. The normalized spacial score (nSPS) is 11.8. The van der Waals surface area contributed by atoms with E-state index in [-0.39, 0.29) is 44.4 Å². The molecule has 0 fully saturated rings. The van der Waals surface area contributed by atoms with Gasteiger partial charge in [0, 0.05) is 6.08 Å². The summed E-state index contributed by atoms with van der Waals surface area (Å²) >= 11 is 0. The zero-order valence-electron chi connectivity index (χ0n) is 14.6. The third kappa shape index (κ3) is 7.92. The first-order valence-corrected chi connectivity index (χ1v) is 8.75. The Labute approximate surface area is 174 Å². The van der Waals surface area contributed by atoms with Crippen LogP contribution in [0, 0.1) is 6.42 Å².